The van der Waals surface area contributed by atoms with E-state index in [1.165, 1.54) is 11.9 Å². The lowest BCUT2D eigenvalue weighted by molar-refractivity contribution is 0.458. The molecule has 2 heterocycles. The molecule has 4 rings (SSSR count). The molecule has 0 aliphatic heterocycles. The number of hydrogen-bond acceptors (Lipinski definition) is 7. The lowest BCUT2D eigenvalue weighted by atomic mass is 10.0. The van der Waals surface area contributed by atoms with Crippen LogP contribution in [0, 0.1) is 25.2 Å². The molecule has 0 fully saturated rings. The van der Waals surface area contributed by atoms with Crippen molar-refractivity contribution in [3.63, 3.8) is 0 Å². The van der Waals surface area contributed by atoms with Gasteiger partial charge >= 0.3 is 0 Å². The molecule has 154 valence electrons. The summed E-state index contributed by atoms with van der Waals surface area (Å²) in [5.74, 6) is 1.19. The molecule has 0 aliphatic carbocycles. The summed E-state index contributed by atoms with van der Waals surface area (Å²) in [5.41, 5.74) is 3.61. The van der Waals surface area contributed by atoms with Crippen molar-refractivity contribution in [2.45, 2.75) is 18.7 Å². The molecule has 0 saturated heterocycles. The summed E-state index contributed by atoms with van der Waals surface area (Å²) in [6, 6.07) is 17.6. The molecular formula is C23H20N6OS. The van der Waals surface area contributed by atoms with Crippen LogP contribution in [0.2, 0.25) is 0 Å². The van der Waals surface area contributed by atoms with Gasteiger partial charge in [0.2, 0.25) is 11.8 Å². The zero-order valence-corrected chi connectivity index (χ0v) is 18.1. The van der Waals surface area contributed by atoms with E-state index in [1.54, 1.807) is 10.9 Å². The highest BCUT2D eigenvalue weighted by molar-refractivity contribution is 8.00. The standard InChI is InChI=1S/C23H20N6OS/c1-15-8-4-6-10-18(15)21-19(12-24)22(30-20-11-7-5-9-16(20)2)27-23(26-21)28-31-17-13-25-29(3)14-17/h4-11,13-14H,1-3H3,(H,26,27,28). The van der Waals surface area contributed by atoms with Crippen molar-refractivity contribution < 1.29 is 4.74 Å². The lowest BCUT2D eigenvalue weighted by Crippen LogP contribution is -2.04. The highest BCUT2D eigenvalue weighted by Crippen LogP contribution is 2.34. The van der Waals surface area contributed by atoms with Crippen molar-refractivity contribution in [2.75, 3.05) is 4.72 Å². The molecule has 0 amide bonds. The fourth-order valence-corrected chi connectivity index (χ4v) is 3.63. The number of nitrogens with one attached hydrogen (secondary N) is 1. The normalized spacial score (nSPS) is 10.5. The second-order valence-electron chi connectivity index (χ2n) is 6.92. The molecule has 8 heteroatoms. The average Bonchev–Trinajstić information content (AvgIpc) is 3.19. The van der Waals surface area contributed by atoms with Gasteiger partial charge in [-0.3, -0.25) is 9.40 Å². The van der Waals surface area contributed by atoms with Crippen LogP contribution in [0.3, 0.4) is 0 Å². The first-order valence-corrected chi connectivity index (χ1v) is 10.4. The number of nitrogens with zero attached hydrogens (tertiary/aromatic N) is 5. The SMILES string of the molecule is Cc1ccccc1Oc1nc(NSc2cnn(C)c2)nc(-c2ccccc2C)c1C#N. The minimum absolute atomic E-state index is 0.208. The molecule has 0 aliphatic rings. The van der Waals surface area contributed by atoms with Crippen LogP contribution in [0.4, 0.5) is 5.95 Å². The Hall–Kier alpha value is -3.83. The monoisotopic (exact) mass is 428 g/mol. The van der Waals surface area contributed by atoms with Crippen LogP contribution in [0.15, 0.2) is 65.8 Å². The van der Waals surface area contributed by atoms with Gasteiger partial charge in [0.05, 0.1) is 16.8 Å². The number of benzene rings is 2. The maximum atomic E-state index is 9.95. The van der Waals surface area contributed by atoms with Gasteiger partial charge in [-0.2, -0.15) is 15.3 Å². The maximum absolute atomic E-state index is 9.95. The summed E-state index contributed by atoms with van der Waals surface area (Å²) in [6.45, 7) is 3.93. The van der Waals surface area contributed by atoms with Crippen molar-refractivity contribution in [3.05, 3.63) is 77.6 Å². The van der Waals surface area contributed by atoms with Gasteiger partial charge in [0.15, 0.2) is 0 Å². The Labute approximate surface area is 184 Å². The molecule has 7 nitrogen and oxygen atoms in total. The Balaban J connectivity index is 1.80. The largest absolute Gasteiger partial charge is 0.437 e. The molecule has 0 atom stereocenters. The third kappa shape index (κ3) is 4.52. The van der Waals surface area contributed by atoms with Gasteiger partial charge < -0.3 is 4.74 Å². The minimum Gasteiger partial charge on any atom is -0.437 e. The van der Waals surface area contributed by atoms with Gasteiger partial charge in [0.25, 0.3) is 0 Å². The fourth-order valence-electron chi connectivity index (χ4n) is 3.03. The number of aromatic nitrogens is 4. The third-order valence-electron chi connectivity index (χ3n) is 4.63. The smallest absolute Gasteiger partial charge is 0.242 e. The van der Waals surface area contributed by atoms with E-state index in [4.69, 9.17) is 4.74 Å². The molecule has 31 heavy (non-hydrogen) atoms. The van der Waals surface area contributed by atoms with E-state index in [1.807, 2.05) is 75.6 Å². The predicted molar refractivity (Wildman–Crippen MR) is 121 cm³/mol. The molecule has 2 aromatic carbocycles. The maximum Gasteiger partial charge on any atom is 0.242 e. The van der Waals surface area contributed by atoms with Crippen LogP contribution < -0.4 is 9.46 Å². The topological polar surface area (TPSA) is 88.7 Å². The molecular weight excluding hydrogens is 408 g/mol. The molecule has 0 spiro atoms. The van der Waals surface area contributed by atoms with E-state index in [-0.39, 0.29) is 11.4 Å². The second-order valence-corrected chi connectivity index (χ2v) is 7.80. The molecule has 0 saturated carbocycles. The first kappa shape index (κ1) is 20.4. The van der Waals surface area contributed by atoms with Crippen molar-refractivity contribution in [2.24, 2.45) is 7.05 Å². The summed E-state index contributed by atoms with van der Waals surface area (Å²) in [4.78, 5) is 10.1. The highest BCUT2D eigenvalue weighted by atomic mass is 32.2. The third-order valence-corrected chi connectivity index (χ3v) is 5.36. The van der Waals surface area contributed by atoms with Crippen molar-refractivity contribution in [1.29, 1.82) is 5.26 Å². The number of anilines is 1. The Morgan fingerprint density at radius 2 is 1.77 bits per heavy atom. The Morgan fingerprint density at radius 1 is 1.03 bits per heavy atom. The quantitative estimate of drug-likeness (QED) is 0.418. The highest BCUT2D eigenvalue weighted by Gasteiger charge is 2.20. The molecule has 2 aromatic heterocycles. The van der Waals surface area contributed by atoms with Gasteiger partial charge in [0, 0.05) is 18.8 Å². The van der Waals surface area contributed by atoms with Crippen LogP contribution in [0.1, 0.15) is 16.7 Å². The zero-order valence-electron chi connectivity index (χ0n) is 17.3. The summed E-state index contributed by atoms with van der Waals surface area (Å²) in [5, 5.41) is 14.1. The number of nitriles is 1. The second kappa shape index (κ2) is 8.90. The molecule has 4 aromatic rings. The Kier molecular flexibility index (Phi) is 5.87. The zero-order chi connectivity index (χ0) is 21.8. The summed E-state index contributed by atoms with van der Waals surface area (Å²) >= 11 is 1.34. The van der Waals surface area contributed by atoms with Crippen molar-refractivity contribution in [3.8, 4) is 29.0 Å². The summed E-state index contributed by atoms with van der Waals surface area (Å²) < 4.78 is 11.0. The van der Waals surface area contributed by atoms with Crippen molar-refractivity contribution >= 4 is 17.9 Å². The van der Waals surface area contributed by atoms with E-state index in [0.29, 0.717) is 17.4 Å². The number of aryl methyl sites for hydroxylation is 3. The van der Waals surface area contributed by atoms with Gasteiger partial charge in [-0.15, -0.1) is 0 Å². The van der Waals surface area contributed by atoms with E-state index < -0.39 is 0 Å². The van der Waals surface area contributed by atoms with Crippen LogP contribution in [-0.2, 0) is 7.05 Å². The minimum atomic E-state index is 0.208. The van der Waals surface area contributed by atoms with Gasteiger partial charge in [-0.1, -0.05) is 42.5 Å². The summed E-state index contributed by atoms with van der Waals surface area (Å²) in [7, 11) is 1.85. The van der Waals surface area contributed by atoms with Gasteiger partial charge in [0.1, 0.15) is 17.4 Å². The van der Waals surface area contributed by atoms with E-state index >= 15 is 0 Å². The first-order chi connectivity index (χ1) is 15.0. The number of ether oxygens (including phenoxy) is 1. The van der Waals surface area contributed by atoms with Crippen LogP contribution in [0.25, 0.3) is 11.3 Å². The molecule has 0 radical (unpaired) electrons. The van der Waals surface area contributed by atoms with Crippen LogP contribution in [-0.4, -0.2) is 19.7 Å². The number of para-hydroxylation sites is 1. The van der Waals surface area contributed by atoms with Crippen molar-refractivity contribution in [1.82, 2.24) is 19.7 Å². The summed E-state index contributed by atoms with van der Waals surface area (Å²) in [6.07, 6.45) is 3.63. The van der Waals surface area contributed by atoms with E-state index in [2.05, 4.69) is 25.9 Å². The Bertz CT molecular complexity index is 1280. The number of hydrogen-bond donors (Lipinski definition) is 1. The lowest BCUT2D eigenvalue weighted by Gasteiger charge is -2.14. The number of rotatable bonds is 6. The van der Waals surface area contributed by atoms with Gasteiger partial charge in [-0.05, 0) is 43.0 Å². The van der Waals surface area contributed by atoms with Gasteiger partial charge in [-0.25, -0.2) is 4.98 Å². The van der Waals surface area contributed by atoms with E-state index in [9.17, 15) is 5.26 Å². The molecule has 0 bridgehead atoms. The Morgan fingerprint density at radius 3 is 2.45 bits per heavy atom. The molecule has 1 N–H and O–H groups in total. The van der Waals surface area contributed by atoms with E-state index in [0.717, 1.165) is 21.6 Å². The fraction of sp³-hybridized carbons (Fsp3) is 0.130. The average molecular weight is 429 g/mol. The first-order valence-electron chi connectivity index (χ1n) is 9.58. The van der Waals surface area contributed by atoms with Crippen LogP contribution in [0.5, 0.6) is 11.6 Å². The predicted octanol–water partition coefficient (Wildman–Crippen LogP) is 5.28. The molecule has 0 unspecified atom stereocenters. The van der Waals surface area contributed by atoms with Crippen LogP contribution >= 0.6 is 11.9 Å².